The highest BCUT2D eigenvalue weighted by molar-refractivity contribution is 9.10. The number of nitrogens with zero attached hydrogens (tertiary/aromatic N) is 3. The van der Waals surface area contributed by atoms with E-state index in [0.29, 0.717) is 12.4 Å². The number of imidazole rings is 1. The van der Waals surface area contributed by atoms with Crippen LogP contribution in [0.1, 0.15) is 11.5 Å². The van der Waals surface area contributed by atoms with Crippen molar-refractivity contribution in [3.63, 3.8) is 0 Å². The zero-order valence-electron chi connectivity index (χ0n) is 9.31. The monoisotopic (exact) mass is 325 g/mol. The average molecular weight is 327 g/mol. The van der Waals surface area contributed by atoms with Crippen LogP contribution in [0.25, 0.3) is 11.0 Å². The van der Waals surface area contributed by atoms with E-state index in [4.69, 9.17) is 16.1 Å². The van der Waals surface area contributed by atoms with Gasteiger partial charge in [0.1, 0.15) is 17.8 Å². The summed E-state index contributed by atoms with van der Waals surface area (Å²) in [6.45, 7) is 0.603. The molecule has 2 heterocycles. The molecule has 0 atom stereocenters. The van der Waals surface area contributed by atoms with Crippen LogP contribution in [-0.2, 0) is 12.4 Å². The summed E-state index contributed by atoms with van der Waals surface area (Å²) in [4.78, 5) is 4.50. The minimum atomic E-state index is 0.365. The van der Waals surface area contributed by atoms with Gasteiger partial charge in [-0.2, -0.15) is 0 Å². The molecule has 0 aliphatic rings. The Morgan fingerprint density at radius 3 is 2.94 bits per heavy atom. The fourth-order valence-corrected chi connectivity index (χ4v) is 2.46. The minimum absolute atomic E-state index is 0.365. The van der Waals surface area contributed by atoms with Crippen LogP contribution in [0.2, 0.25) is 0 Å². The van der Waals surface area contributed by atoms with Crippen LogP contribution in [-0.4, -0.2) is 14.7 Å². The molecule has 0 aliphatic carbocycles. The molecule has 0 unspecified atom stereocenters. The van der Waals surface area contributed by atoms with Gasteiger partial charge in [-0.25, -0.2) is 4.98 Å². The second-order valence-electron chi connectivity index (χ2n) is 3.87. The highest BCUT2D eigenvalue weighted by Gasteiger charge is 2.11. The first kappa shape index (κ1) is 11.7. The van der Waals surface area contributed by atoms with E-state index in [1.807, 2.05) is 28.8 Å². The number of hydrogen-bond donors (Lipinski definition) is 0. The smallest absolute Gasteiger partial charge is 0.125 e. The molecule has 0 spiro atoms. The van der Waals surface area contributed by atoms with E-state index in [2.05, 4.69) is 26.1 Å². The topological polar surface area (TPSA) is 43.9 Å². The van der Waals surface area contributed by atoms with E-state index in [9.17, 15) is 0 Å². The fraction of sp³-hybridized carbons (Fsp3) is 0.167. The maximum Gasteiger partial charge on any atom is 0.125 e. The third kappa shape index (κ3) is 2.04. The Morgan fingerprint density at radius 1 is 1.33 bits per heavy atom. The lowest BCUT2D eigenvalue weighted by atomic mass is 10.3. The van der Waals surface area contributed by atoms with Crippen molar-refractivity contribution in [2.24, 2.45) is 0 Å². The van der Waals surface area contributed by atoms with Crippen molar-refractivity contribution < 1.29 is 4.52 Å². The number of benzene rings is 1. The van der Waals surface area contributed by atoms with Crippen LogP contribution in [0.4, 0.5) is 0 Å². The van der Waals surface area contributed by atoms with Crippen LogP contribution in [0.5, 0.6) is 0 Å². The standard InChI is InChI=1S/C12H9BrClN3O/c13-8-1-2-10-11(5-8)17(12(6-14)15-10)7-9-3-4-18-16-9/h1-5H,6-7H2. The average Bonchev–Trinajstić information content (AvgIpc) is 2.98. The Labute approximate surface area is 117 Å². The lowest BCUT2D eigenvalue weighted by Gasteiger charge is -2.05. The Balaban J connectivity index is 2.15. The molecule has 2 aromatic heterocycles. The maximum atomic E-state index is 5.94. The highest BCUT2D eigenvalue weighted by Crippen LogP contribution is 2.22. The van der Waals surface area contributed by atoms with Crippen LogP contribution in [0.3, 0.4) is 0 Å². The van der Waals surface area contributed by atoms with Gasteiger partial charge in [0, 0.05) is 10.5 Å². The summed E-state index contributed by atoms with van der Waals surface area (Å²) in [7, 11) is 0. The summed E-state index contributed by atoms with van der Waals surface area (Å²) in [6, 6.07) is 7.79. The molecule has 0 fully saturated rings. The summed E-state index contributed by atoms with van der Waals surface area (Å²) in [5, 5.41) is 3.92. The third-order valence-electron chi connectivity index (χ3n) is 2.72. The predicted octanol–water partition coefficient (Wildman–Crippen LogP) is 3.57. The fourth-order valence-electron chi connectivity index (χ4n) is 1.91. The molecular weight excluding hydrogens is 318 g/mol. The summed E-state index contributed by atoms with van der Waals surface area (Å²) < 4.78 is 7.90. The minimum Gasteiger partial charge on any atom is -0.364 e. The SMILES string of the molecule is ClCc1nc2ccc(Br)cc2n1Cc1ccon1. The zero-order valence-corrected chi connectivity index (χ0v) is 11.6. The summed E-state index contributed by atoms with van der Waals surface area (Å²) in [6.07, 6.45) is 1.56. The summed E-state index contributed by atoms with van der Waals surface area (Å²) >= 11 is 9.41. The molecule has 92 valence electrons. The van der Waals surface area contributed by atoms with Crippen molar-refractivity contribution in [1.82, 2.24) is 14.7 Å². The van der Waals surface area contributed by atoms with Crippen molar-refractivity contribution in [2.45, 2.75) is 12.4 Å². The number of fused-ring (bicyclic) bond motifs is 1. The van der Waals surface area contributed by atoms with Gasteiger partial charge in [-0.3, -0.25) is 0 Å². The lowest BCUT2D eigenvalue weighted by Crippen LogP contribution is -2.04. The molecule has 0 radical (unpaired) electrons. The van der Waals surface area contributed by atoms with Crippen LogP contribution in [0.15, 0.2) is 39.5 Å². The second-order valence-corrected chi connectivity index (χ2v) is 5.05. The lowest BCUT2D eigenvalue weighted by molar-refractivity contribution is 0.409. The molecule has 4 nitrogen and oxygen atoms in total. The van der Waals surface area contributed by atoms with Gasteiger partial charge in [0.2, 0.25) is 0 Å². The van der Waals surface area contributed by atoms with E-state index in [1.165, 1.54) is 0 Å². The Morgan fingerprint density at radius 2 is 2.22 bits per heavy atom. The Hall–Kier alpha value is -1.33. The Bertz CT molecular complexity index is 678. The van der Waals surface area contributed by atoms with Crippen LogP contribution < -0.4 is 0 Å². The van der Waals surface area contributed by atoms with Crippen molar-refractivity contribution >= 4 is 38.6 Å². The molecule has 0 amide bonds. The number of aromatic nitrogens is 3. The van der Waals surface area contributed by atoms with Gasteiger partial charge in [-0.15, -0.1) is 11.6 Å². The zero-order chi connectivity index (χ0) is 12.5. The van der Waals surface area contributed by atoms with E-state index < -0.39 is 0 Å². The van der Waals surface area contributed by atoms with E-state index >= 15 is 0 Å². The van der Waals surface area contributed by atoms with Gasteiger partial charge in [0.25, 0.3) is 0 Å². The molecule has 1 aromatic carbocycles. The molecule has 3 aromatic rings. The van der Waals surface area contributed by atoms with Gasteiger partial charge >= 0.3 is 0 Å². The predicted molar refractivity (Wildman–Crippen MR) is 72.6 cm³/mol. The van der Waals surface area contributed by atoms with Gasteiger partial charge < -0.3 is 9.09 Å². The first-order chi connectivity index (χ1) is 8.78. The van der Waals surface area contributed by atoms with Gasteiger partial charge in [0.15, 0.2) is 0 Å². The van der Waals surface area contributed by atoms with Gasteiger partial charge in [-0.05, 0) is 18.2 Å². The maximum absolute atomic E-state index is 5.94. The molecule has 6 heteroatoms. The number of alkyl halides is 1. The van der Waals surface area contributed by atoms with Gasteiger partial charge in [0.05, 0.1) is 23.5 Å². The first-order valence-corrected chi connectivity index (χ1v) is 6.70. The highest BCUT2D eigenvalue weighted by atomic mass is 79.9. The third-order valence-corrected chi connectivity index (χ3v) is 3.45. The van der Waals surface area contributed by atoms with E-state index in [-0.39, 0.29) is 0 Å². The number of halogens is 2. The van der Waals surface area contributed by atoms with Crippen molar-refractivity contribution in [3.05, 3.63) is 46.5 Å². The van der Waals surface area contributed by atoms with E-state index in [1.54, 1.807) is 6.26 Å². The molecule has 0 aliphatic heterocycles. The molecule has 0 saturated carbocycles. The molecule has 0 N–H and O–H groups in total. The number of rotatable bonds is 3. The van der Waals surface area contributed by atoms with Gasteiger partial charge in [-0.1, -0.05) is 21.1 Å². The molecule has 3 rings (SSSR count). The summed E-state index contributed by atoms with van der Waals surface area (Å²) in [5.41, 5.74) is 2.81. The van der Waals surface area contributed by atoms with Crippen molar-refractivity contribution in [2.75, 3.05) is 0 Å². The molecule has 18 heavy (non-hydrogen) atoms. The molecule has 0 bridgehead atoms. The quantitative estimate of drug-likeness (QED) is 0.691. The normalized spacial score (nSPS) is 11.2. The van der Waals surface area contributed by atoms with Crippen LogP contribution >= 0.6 is 27.5 Å². The second kappa shape index (κ2) is 4.74. The molecule has 0 saturated heterocycles. The number of hydrogen-bond acceptors (Lipinski definition) is 3. The Kier molecular flexibility index (Phi) is 3.09. The first-order valence-electron chi connectivity index (χ1n) is 5.38. The largest absolute Gasteiger partial charge is 0.364 e. The molecular formula is C12H9BrClN3O. The summed E-state index contributed by atoms with van der Waals surface area (Å²) in [5.74, 6) is 1.19. The van der Waals surface area contributed by atoms with E-state index in [0.717, 1.165) is 27.0 Å². The van der Waals surface area contributed by atoms with Crippen molar-refractivity contribution in [1.29, 1.82) is 0 Å². The van der Waals surface area contributed by atoms with Crippen molar-refractivity contribution in [3.8, 4) is 0 Å². The van der Waals surface area contributed by atoms with Crippen LogP contribution in [0, 0.1) is 0 Å².